The lowest BCUT2D eigenvalue weighted by Gasteiger charge is -2.23. The number of aryl methyl sites for hydroxylation is 1. The summed E-state index contributed by atoms with van der Waals surface area (Å²) >= 11 is 0. The van der Waals surface area contributed by atoms with Crippen molar-refractivity contribution in [2.24, 2.45) is 5.73 Å². The van der Waals surface area contributed by atoms with E-state index < -0.39 is 0 Å². The van der Waals surface area contributed by atoms with Gasteiger partial charge in [0, 0.05) is 6.04 Å². The molecule has 0 radical (unpaired) electrons. The number of rotatable bonds is 4. The zero-order valence-corrected chi connectivity index (χ0v) is 11.7. The molecule has 0 aliphatic rings. The predicted octanol–water partition coefficient (Wildman–Crippen LogP) is 3.27. The van der Waals surface area contributed by atoms with Crippen LogP contribution in [0.5, 0.6) is 5.75 Å². The van der Waals surface area contributed by atoms with Crippen molar-refractivity contribution in [1.29, 1.82) is 0 Å². The molecule has 0 fully saturated rings. The van der Waals surface area contributed by atoms with Gasteiger partial charge in [0.05, 0.1) is 7.11 Å². The Morgan fingerprint density at radius 3 is 2.41 bits per heavy atom. The fourth-order valence-electron chi connectivity index (χ4n) is 1.89. The molecule has 0 aliphatic carbocycles. The van der Waals surface area contributed by atoms with Crippen molar-refractivity contribution < 1.29 is 4.74 Å². The first-order valence-electron chi connectivity index (χ1n) is 6.27. The van der Waals surface area contributed by atoms with Crippen LogP contribution in [-0.2, 0) is 11.8 Å². The van der Waals surface area contributed by atoms with E-state index in [2.05, 4.69) is 39.0 Å². The number of hydrogen-bond acceptors (Lipinski definition) is 2. The van der Waals surface area contributed by atoms with Crippen molar-refractivity contribution in [3.05, 3.63) is 29.3 Å². The average Bonchev–Trinajstić information content (AvgIpc) is 2.24. The van der Waals surface area contributed by atoms with Crippen molar-refractivity contribution in [3.8, 4) is 5.75 Å². The van der Waals surface area contributed by atoms with Gasteiger partial charge in [0.1, 0.15) is 5.75 Å². The Hall–Kier alpha value is -1.02. The van der Waals surface area contributed by atoms with E-state index in [0.29, 0.717) is 0 Å². The summed E-state index contributed by atoms with van der Waals surface area (Å²) < 4.78 is 5.43. The molecular weight excluding hydrogens is 210 g/mol. The molecule has 1 aromatic rings. The van der Waals surface area contributed by atoms with Crippen LogP contribution < -0.4 is 10.5 Å². The van der Waals surface area contributed by atoms with Crippen molar-refractivity contribution >= 4 is 0 Å². The smallest absolute Gasteiger partial charge is 0.122 e. The number of hydrogen-bond donors (Lipinski definition) is 1. The van der Waals surface area contributed by atoms with Crippen LogP contribution in [0.1, 0.15) is 45.2 Å². The normalized spacial score (nSPS) is 13.5. The summed E-state index contributed by atoms with van der Waals surface area (Å²) in [6.07, 6.45) is 2.06. The lowest BCUT2D eigenvalue weighted by atomic mass is 9.85. The quantitative estimate of drug-likeness (QED) is 0.869. The summed E-state index contributed by atoms with van der Waals surface area (Å²) in [4.78, 5) is 0. The first-order chi connectivity index (χ1) is 7.84. The van der Waals surface area contributed by atoms with Crippen LogP contribution in [0, 0.1) is 0 Å². The Morgan fingerprint density at radius 2 is 1.94 bits per heavy atom. The van der Waals surface area contributed by atoms with Crippen LogP contribution in [0.2, 0.25) is 0 Å². The standard InChI is InChI=1S/C15H25NO/c1-11(16)6-7-12-8-9-14(17-5)13(10-12)15(2,3)4/h8-11H,6-7,16H2,1-5H3. The van der Waals surface area contributed by atoms with Crippen LogP contribution in [0.25, 0.3) is 0 Å². The van der Waals surface area contributed by atoms with E-state index in [1.54, 1.807) is 7.11 Å². The summed E-state index contributed by atoms with van der Waals surface area (Å²) in [5.74, 6) is 0.974. The van der Waals surface area contributed by atoms with Crippen molar-refractivity contribution in [3.63, 3.8) is 0 Å². The SMILES string of the molecule is COc1ccc(CCC(C)N)cc1C(C)(C)C. The second-order valence-electron chi connectivity index (χ2n) is 5.80. The van der Waals surface area contributed by atoms with Crippen LogP contribution in [0.15, 0.2) is 18.2 Å². The maximum absolute atomic E-state index is 5.80. The average molecular weight is 235 g/mol. The predicted molar refractivity (Wildman–Crippen MR) is 73.7 cm³/mol. The molecule has 1 aromatic carbocycles. The highest BCUT2D eigenvalue weighted by atomic mass is 16.5. The minimum Gasteiger partial charge on any atom is -0.496 e. The van der Waals surface area contributed by atoms with Crippen LogP contribution in [0.3, 0.4) is 0 Å². The van der Waals surface area contributed by atoms with Gasteiger partial charge in [0.25, 0.3) is 0 Å². The molecule has 0 heterocycles. The topological polar surface area (TPSA) is 35.2 Å². The van der Waals surface area contributed by atoms with E-state index >= 15 is 0 Å². The molecule has 1 unspecified atom stereocenters. The second-order valence-corrected chi connectivity index (χ2v) is 5.80. The van der Waals surface area contributed by atoms with Gasteiger partial charge in [-0.15, -0.1) is 0 Å². The first-order valence-corrected chi connectivity index (χ1v) is 6.27. The largest absolute Gasteiger partial charge is 0.496 e. The van der Waals surface area contributed by atoms with Gasteiger partial charge in [0.15, 0.2) is 0 Å². The fourth-order valence-corrected chi connectivity index (χ4v) is 1.89. The van der Waals surface area contributed by atoms with Gasteiger partial charge in [0.2, 0.25) is 0 Å². The lowest BCUT2D eigenvalue weighted by molar-refractivity contribution is 0.397. The summed E-state index contributed by atoms with van der Waals surface area (Å²) in [6, 6.07) is 6.71. The summed E-state index contributed by atoms with van der Waals surface area (Å²) in [7, 11) is 1.73. The number of ether oxygens (including phenoxy) is 1. The highest BCUT2D eigenvalue weighted by Gasteiger charge is 2.19. The molecule has 0 bridgehead atoms. The molecule has 17 heavy (non-hydrogen) atoms. The van der Waals surface area contributed by atoms with Gasteiger partial charge in [-0.25, -0.2) is 0 Å². The maximum atomic E-state index is 5.80. The molecule has 1 atom stereocenters. The minimum absolute atomic E-state index is 0.107. The summed E-state index contributed by atoms with van der Waals surface area (Å²) in [5.41, 5.74) is 8.51. The van der Waals surface area contributed by atoms with E-state index in [4.69, 9.17) is 10.5 Å². The minimum atomic E-state index is 0.107. The zero-order chi connectivity index (χ0) is 13.1. The monoisotopic (exact) mass is 235 g/mol. The molecule has 2 heteroatoms. The van der Waals surface area contributed by atoms with Gasteiger partial charge < -0.3 is 10.5 Å². The van der Waals surface area contributed by atoms with Gasteiger partial charge in [-0.3, -0.25) is 0 Å². The lowest BCUT2D eigenvalue weighted by Crippen LogP contribution is -2.16. The van der Waals surface area contributed by atoms with Gasteiger partial charge in [-0.2, -0.15) is 0 Å². The molecule has 0 saturated heterocycles. The first kappa shape index (κ1) is 14.0. The fraction of sp³-hybridized carbons (Fsp3) is 0.600. The Kier molecular flexibility index (Phi) is 4.58. The Morgan fingerprint density at radius 1 is 1.29 bits per heavy atom. The molecule has 1 rings (SSSR count). The van der Waals surface area contributed by atoms with Gasteiger partial charge in [-0.05, 0) is 42.4 Å². The molecule has 96 valence electrons. The van der Waals surface area contributed by atoms with Crippen LogP contribution in [0.4, 0.5) is 0 Å². The third kappa shape index (κ3) is 4.04. The Labute approximate surface area is 105 Å². The summed E-state index contributed by atoms with van der Waals surface area (Å²) in [6.45, 7) is 8.68. The third-order valence-electron chi connectivity index (χ3n) is 2.96. The maximum Gasteiger partial charge on any atom is 0.122 e. The zero-order valence-electron chi connectivity index (χ0n) is 11.7. The van der Waals surface area contributed by atoms with Gasteiger partial charge in [-0.1, -0.05) is 32.9 Å². The van der Waals surface area contributed by atoms with Crippen molar-refractivity contribution in [2.75, 3.05) is 7.11 Å². The molecule has 0 saturated carbocycles. The van der Waals surface area contributed by atoms with Crippen molar-refractivity contribution in [1.82, 2.24) is 0 Å². The van der Waals surface area contributed by atoms with E-state index in [1.165, 1.54) is 11.1 Å². The third-order valence-corrected chi connectivity index (χ3v) is 2.96. The van der Waals surface area contributed by atoms with E-state index in [-0.39, 0.29) is 11.5 Å². The van der Waals surface area contributed by atoms with E-state index in [0.717, 1.165) is 18.6 Å². The molecular formula is C15H25NO. The molecule has 2 N–H and O–H groups in total. The molecule has 0 aliphatic heterocycles. The molecule has 0 amide bonds. The molecule has 0 aromatic heterocycles. The van der Waals surface area contributed by atoms with Crippen LogP contribution >= 0.6 is 0 Å². The number of benzene rings is 1. The second kappa shape index (κ2) is 5.54. The van der Waals surface area contributed by atoms with Gasteiger partial charge >= 0.3 is 0 Å². The Balaban J connectivity index is 2.97. The van der Waals surface area contributed by atoms with E-state index in [1.807, 2.05) is 6.92 Å². The van der Waals surface area contributed by atoms with Crippen LogP contribution in [-0.4, -0.2) is 13.2 Å². The number of nitrogens with two attached hydrogens (primary N) is 1. The highest BCUT2D eigenvalue weighted by Crippen LogP contribution is 2.32. The number of methoxy groups -OCH3 is 1. The molecule has 2 nitrogen and oxygen atoms in total. The van der Waals surface area contributed by atoms with Crippen molar-refractivity contribution in [2.45, 2.75) is 52.0 Å². The Bertz CT molecular complexity index is 364. The molecule has 0 spiro atoms. The summed E-state index contributed by atoms with van der Waals surface area (Å²) in [5, 5.41) is 0. The van der Waals surface area contributed by atoms with E-state index in [9.17, 15) is 0 Å². The highest BCUT2D eigenvalue weighted by molar-refractivity contribution is 5.41.